The van der Waals surface area contributed by atoms with Crippen LogP contribution in [0.1, 0.15) is 33.8 Å². The van der Waals surface area contributed by atoms with E-state index < -0.39 is 5.54 Å². The molecule has 0 aromatic heterocycles. The number of ketones is 1. The van der Waals surface area contributed by atoms with Crippen LogP contribution in [0, 0.1) is 0 Å². The maximum Gasteiger partial charge on any atom is 0.193 e. The molecule has 0 fully saturated rings. The van der Waals surface area contributed by atoms with E-state index in [-0.39, 0.29) is 11.7 Å². The first-order chi connectivity index (χ1) is 12.3. The normalized spacial score (nSPS) is 24.8. The predicted molar refractivity (Wildman–Crippen MR) is 98.2 cm³/mol. The molecule has 1 aliphatic carbocycles. The summed E-state index contributed by atoms with van der Waals surface area (Å²) in [5.41, 5.74) is 2.41. The van der Waals surface area contributed by atoms with Crippen LogP contribution in [0.4, 0.5) is 0 Å². The molecule has 0 saturated heterocycles. The topological polar surface area (TPSA) is 41.8 Å². The number of hydrogen-bond donors (Lipinski definition) is 0. The first kappa shape index (κ1) is 14.5. The predicted octanol–water partition coefficient (Wildman–Crippen LogP) is 4.96. The zero-order chi connectivity index (χ0) is 16.9. The van der Waals surface area contributed by atoms with Gasteiger partial charge in [0.2, 0.25) is 0 Å². The summed E-state index contributed by atoms with van der Waals surface area (Å²) in [6.07, 6.45) is 1.61. The van der Waals surface area contributed by atoms with Gasteiger partial charge in [0, 0.05) is 11.5 Å². The van der Waals surface area contributed by atoms with Crippen LogP contribution in [0.2, 0.25) is 0 Å². The molecule has 3 heteroatoms. The highest BCUT2D eigenvalue weighted by molar-refractivity contribution is 6.07. The van der Waals surface area contributed by atoms with Gasteiger partial charge in [-0.2, -0.15) is 10.2 Å². The lowest BCUT2D eigenvalue weighted by atomic mass is 9.68. The number of benzene rings is 3. The number of Topliss-reactive ketones (excluding diaryl/α,β-unsaturated/α-hetero) is 1. The Balaban J connectivity index is 1.67. The Hall–Kier alpha value is -2.81. The van der Waals surface area contributed by atoms with Gasteiger partial charge in [-0.3, -0.25) is 4.79 Å². The van der Waals surface area contributed by atoms with Gasteiger partial charge in [0.1, 0.15) is 0 Å². The maximum atomic E-state index is 13.4. The Morgan fingerprint density at radius 3 is 2.68 bits per heavy atom. The van der Waals surface area contributed by atoms with E-state index in [0.717, 1.165) is 24.0 Å². The standard InChI is InChI=1S/C22H18N2O/c25-21-18-10-4-2-7-16(18)12-13-22(21)20(14-23-24-22)19-11-5-8-15-6-1-3-9-17(15)19/h1-11,20H,12-14H2/t20-,22-/m0/s1. The van der Waals surface area contributed by atoms with Gasteiger partial charge in [-0.25, -0.2) is 0 Å². The molecule has 3 nitrogen and oxygen atoms in total. The van der Waals surface area contributed by atoms with Crippen LogP contribution in [0.15, 0.2) is 77.0 Å². The minimum absolute atomic E-state index is 0.0134. The van der Waals surface area contributed by atoms with E-state index in [2.05, 4.69) is 52.7 Å². The lowest BCUT2D eigenvalue weighted by Crippen LogP contribution is -2.44. The van der Waals surface area contributed by atoms with Gasteiger partial charge < -0.3 is 0 Å². The third-order valence-corrected chi connectivity index (χ3v) is 5.72. The second-order valence-corrected chi connectivity index (χ2v) is 6.96. The lowest BCUT2D eigenvalue weighted by molar-refractivity contribution is 0.0854. The van der Waals surface area contributed by atoms with Crippen LogP contribution in [0.5, 0.6) is 0 Å². The van der Waals surface area contributed by atoms with E-state index in [1.165, 1.54) is 16.3 Å². The minimum Gasteiger partial charge on any atom is -0.291 e. The van der Waals surface area contributed by atoms with Gasteiger partial charge in [0.05, 0.1) is 6.54 Å². The monoisotopic (exact) mass is 326 g/mol. The Morgan fingerprint density at radius 1 is 0.920 bits per heavy atom. The van der Waals surface area contributed by atoms with Gasteiger partial charge in [0.15, 0.2) is 11.3 Å². The van der Waals surface area contributed by atoms with Crippen molar-refractivity contribution in [3.05, 3.63) is 83.4 Å². The second-order valence-electron chi connectivity index (χ2n) is 6.96. The Labute approximate surface area is 146 Å². The summed E-state index contributed by atoms with van der Waals surface area (Å²) >= 11 is 0. The van der Waals surface area contributed by atoms with Crippen LogP contribution in [-0.4, -0.2) is 17.9 Å². The van der Waals surface area contributed by atoms with Gasteiger partial charge in [-0.15, -0.1) is 0 Å². The van der Waals surface area contributed by atoms with Crippen molar-refractivity contribution in [2.45, 2.75) is 24.3 Å². The summed E-state index contributed by atoms with van der Waals surface area (Å²) < 4.78 is 0. The third-order valence-electron chi connectivity index (χ3n) is 5.72. The molecule has 1 aliphatic heterocycles. The maximum absolute atomic E-state index is 13.4. The van der Waals surface area contributed by atoms with Crippen LogP contribution in [0.25, 0.3) is 10.8 Å². The molecule has 122 valence electrons. The summed E-state index contributed by atoms with van der Waals surface area (Å²) in [5.74, 6) is 0.146. The summed E-state index contributed by atoms with van der Waals surface area (Å²) in [6.45, 7) is 0.585. The molecule has 0 saturated carbocycles. The van der Waals surface area contributed by atoms with Crippen LogP contribution >= 0.6 is 0 Å². The van der Waals surface area contributed by atoms with E-state index in [9.17, 15) is 4.79 Å². The molecule has 3 aromatic carbocycles. The highest BCUT2D eigenvalue weighted by Gasteiger charge is 2.52. The van der Waals surface area contributed by atoms with E-state index in [1.807, 2.05) is 24.3 Å². The molecule has 1 spiro atoms. The quantitative estimate of drug-likeness (QED) is 0.623. The number of fused-ring (bicyclic) bond motifs is 2. The number of rotatable bonds is 1. The van der Waals surface area contributed by atoms with Crippen molar-refractivity contribution in [1.82, 2.24) is 0 Å². The Morgan fingerprint density at radius 2 is 1.72 bits per heavy atom. The second kappa shape index (κ2) is 5.35. The van der Waals surface area contributed by atoms with Crippen molar-refractivity contribution < 1.29 is 4.79 Å². The fraction of sp³-hybridized carbons (Fsp3) is 0.227. The lowest BCUT2D eigenvalue weighted by Gasteiger charge is -2.35. The first-order valence-electron chi connectivity index (χ1n) is 8.79. The molecule has 1 heterocycles. The Kier molecular flexibility index (Phi) is 3.11. The van der Waals surface area contributed by atoms with Crippen LogP contribution < -0.4 is 0 Å². The smallest absolute Gasteiger partial charge is 0.193 e. The molecule has 0 N–H and O–H groups in total. The number of carbonyl (C=O) groups excluding carboxylic acids is 1. The van der Waals surface area contributed by atoms with Crippen LogP contribution in [-0.2, 0) is 6.42 Å². The zero-order valence-electron chi connectivity index (χ0n) is 13.9. The molecular weight excluding hydrogens is 308 g/mol. The van der Waals surface area contributed by atoms with E-state index in [4.69, 9.17) is 0 Å². The SMILES string of the molecule is O=C1c2ccccc2CC[C@@]12N=NC[C@H]2c1cccc2ccccc12. The molecule has 5 rings (SSSR count). The van der Waals surface area contributed by atoms with Crippen molar-refractivity contribution in [2.75, 3.05) is 6.54 Å². The van der Waals surface area contributed by atoms with Crippen molar-refractivity contribution in [2.24, 2.45) is 10.2 Å². The molecule has 0 bridgehead atoms. The van der Waals surface area contributed by atoms with Gasteiger partial charge in [-0.1, -0.05) is 66.7 Å². The van der Waals surface area contributed by atoms with Gasteiger partial charge in [-0.05, 0) is 34.7 Å². The number of carbonyl (C=O) groups is 1. The number of hydrogen-bond acceptors (Lipinski definition) is 3. The first-order valence-corrected chi connectivity index (χ1v) is 8.79. The molecule has 2 aliphatic rings. The molecule has 0 amide bonds. The third kappa shape index (κ3) is 2.02. The van der Waals surface area contributed by atoms with Gasteiger partial charge in [0.25, 0.3) is 0 Å². The fourth-order valence-electron chi connectivity index (χ4n) is 4.44. The summed E-state index contributed by atoms with van der Waals surface area (Å²) in [5, 5.41) is 11.3. The number of aryl methyl sites for hydroxylation is 1. The average Bonchev–Trinajstić information content (AvgIpc) is 3.09. The zero-order valence-corrected chi connectivity index (χ0v) is 13.9. The summed E-state index contributed by atoms with van der Waals surface area (Å²) in [4.78, 5) is 13.4. The molecule has 3 aromatic rings. The van der Waals surface area contributed by atoms with Gasteiger partial charge >= 0.3 is 0 Å². The summed E-state index contributed by atoms with van der Waals surface area (Å²) in [7, 11) is 0. The van der Waals surface area contributed by atoms with E-state index in [1.54, 1.807) is 0 Å². The highest BCUT2D eigenvalue weighted by atomic mass is 16.1. The fourth-order valence-corrected chi connectivity index (χ4v) is 4.44. The van der Waals surface area contributed by atoms with Crippen molar-refractivity contribution >= 4 is 16.6 Å². The highest BCUT2D eigenvalue weighted by Crippen LogP contribution is 2.47. The van der Waals surface area contributed by atoms with Crippen LogP contribution in [0.3, 0.4) is 0 Å². The Bertz CT molecular complexity index is 1020. The number of nitrogens with zero attached hydrogens (tertiary/aromatic N) is 2. The number of azo groups is 1. The minimum atomic E-state index is -0.738. The van der Waals surface area contributed by atoms with Crippen molar-refractivity contribution in [3.8, 4) is 0 Å². The van der Waals surface area contributed by atoms with E-state index >= 15 is 0 Å². The average molecular weight is 326 g/mol. The molecule has 0 radical (unpaired) electrons. The van der Waals surface area contributed by atoms with Crippen molar-refractivity contribution in [3.63, 3.8) is 0 Å². The largest absolute Gasteiger partial charge is 0.291 e. The van der Waals surface area contributed by atoms with Crippen molar-refractivity contribution in [1.29, 1.82) is 0 Å². The molecular formula is C22H18N2O. The van der Waals surface area contributed by atoms with E-state index in [0.29, 0.717) is 6.54 Å². The summed E-state index contributed by atoms with van der Waals surface area (Å²) in [6, 6.07) is 22.6. The molecule has 25 heavy (non-hydrogen) atoms. The molecule has 2 atom stereocenters. The molecule has 0 unspecified atom stereocenters.